The van der Waals surface area contributed by atoms with Gasteiger partial charge in [-0.1, -0.05) is 68.5 Å². The van der Waals surface area contributed by atoms with Crippen LogP contribution in [0.15, 0.2) is 84.4 Å². The zero-order chi connectivity index (χ0) is 19.0. The number of hydrogen-bond acceptors (Lipinski definition) is 0. The highest BCUT2D eigenvalue weighted by Gasteiger charge is 2.31. The van der Waals surface area contributed by atoms with Crippen molar-refractivity contribution in [1.29, 1.82) is 0 Å². The van der Waals surface area contributed by atoms with Crippen LogP contribution in [0.25, 0.3) is 11.6 Å². The lowest BCUT2D eigenvalue weighted by Gasteiger charge is -2.24. The van der Waals surface area contributed by atoms with E-state index in [-0.39, 0.29) is 17.0 Å². The van der Waals surface area contributed by atoms with E-state index in [1.807, 2.05) is 6.07 Å². The molecule has 0 fully saturated rings. The minimum absolute atomic E-state index is 0.137. The summed E-state index contributed by atoms with van der Waals surface area (Å²) in [7, 11) is 0. The van der Waals surface area contributed by atoms with E-state index in [1.165, 1.54) is 41.0 Å². The fraction of sp³-hybridized carbons (Fsp3) is 0.120. The molecule has 0 unspecified atom stereocenters. The summed E-state index contributed by atoms with van der Waals surface area (Å²) in [6, 6.07) is 21.2. The van der Waals surface area contributed by atoms with Crippen LogP contribution in [0.4, 0.5) is 8.78 Å². The van der Waals surface area contributed by atoms with Crippen molar-refractivity contribution in [2.24, 2.45) is 0 Å². The molecule has 3 aromatic carbocycles. The molecule has 0 amide bonds. The van der Waals surface area contributed by atoms with Gasteiger partial charge >= 0.3 is 0 Å². The molecule has 3 aromatic rings. The molecule has 0 N–H and O–H groups in total. The van der Waals surface area contributed by atoms with Crippen molar-refractivity contribution in [3.63, 3.8) is 0 Å². The van der Waals surface area contributed by atoms with Crippen molar-refractivity contribution in [1.82, 2.24) is 0 Å². The SMILES string of the molecule is CC1(C)C(C=C(c2ccc(F)cc2)c2ccc(F)cc2)=Cc2ccccc21. The maximum Gasteiger partial charge on any atom is 0.123 e. The summed E-state index contributed by atoms with van der Waals surface area (Å²) in [5, 5.41) is 0. The van der Waals surface area contributed by atoms with Crippen LogP contribution in [-0.4, -0.2) is 0 Å². The summed E-state index contributed by atoms with van der Waals surface area (Å²) in [4.78, 5) is 0. The van der Waals surface area contributed by atoms with Crippen LogP contribution in [-0.2, 0) is 5.41 Å². The quantitative estimate of drug-likeness (QED) is 0.484. The van der Waals surface area contributed by atoms with E-state index >= 15 is 0 Å². The Morgan fingerprint density at radius 1 is 0.741 bits per heavy atom. The largest absolute Gasteiger partial charge is 0.207 e. The molecule has 0 spiro atoms. The summed E-state index contributed by atoms with van der Waals surface area (Å²) in [6.45, 7) is 4.40. The Morgan fingerprint density at radius 2 is 1.26 bits per heavy atom. The molecule has 134 valence electrons. The third-order valence-corrected chi connectivity index (χ3v) is 5.28. The maximum atomic E-state index is 13.4. The van der Waals surface area contributed by atoms with E-state index in [4.69, 9.17) is 0 Å². The number of halogens is 2. The third-order valence-electron chi connectivity index (χ3n) is 5.28. The van der Waals surface area contributed by atoms with Crippen molar-refractivity contribution in [3.8, 4) is 0 Å². The van der Waals surface area contributed by atoms with Crippen LogP contribution in [0.2, 0.25) is 0 Å². The monoisotopic (exact) mass is 358 g/mol. The molecule has 27 heavy (non-hydrogen) atoms. The normalized spacial score (nSPS) is 14.4. The smallest absolute Gasteiger partial charge is 0.123 e. The van der Waals surface area contributed by atoms with Crippen molar-refractivity contribution in [3.05, 3.63) is 118 Å². The van der Waals surface area contributed by atoms with Crippen LogP contribution >= 0.6 is 0 Å². The van der Waals surface area contributed by atoms with Gasteiger partial charge in [-0.05, 0) is 63.7 Å². The van der Waals surface area contributed by atoms with Crippen molar-refractivity contribution in [2.45, 2.75) is 19.3 Å². The number of allylic oxidation sites excluding steroid dienone is 2. The Hall–Kier alpha value is -3.00. The first-order valence-corrected chi connectivity index (χ1v) is 9.00. The lowest BCUT2D eigenvalue weighted by Crippen LogP contribution is -2.16. The average molecular weight is 358 g/mol. The molecule has 1 aliphatic carbocycles. The lowest BCUT2D eigenvalue weighted by atomic mass is 9.80. The Balaban J connectivity index is 1.86. The van der Waals surface area contributed by atoms with Gasteiger partial charge in [0.15, 0.2) is 0 Å². The molecular formula is C25H20F2. The molecule has 0 bridgehead atoms. The summed E-state index contributed by atoms with van der Waals surface area (Å²) < 4.78 is 26.9. The second-order valence-electron chi connectivity index (χ2n) is 7.38. The second-order valence-corrected chi connectivity index (χ2v) is 7.38. The molecule has 2 heteroatoms. The Labute approximate surface area is 158 Å². The zero-order valence-corrected chi connectivity index (χ0v) is 15.3. The topological polar surface area (TPSA) is 0 Å². The van der Waals surface area contributed by atoms with Gasteiger partial charge in [0.1, 0.15) is 11.6 Å². The van der Waals surface area contributed by atoms with Gasteiger partial charge in [-0.25, -0.2) is 8.78 Å². The molecule has 0 aliphatic heterocycles. The van der Waals surface area contributed by atoms with Crippen LogP contribution in [0.1, 0.15) is 36.1 Å². The fourth-order valence-corrected chi connectivity index (χ4v) is 3.67. The van der Waals surface area contributed by atoms with Crippen LogP contribution in [0, 0.1) is 11.6 Å². The summed E-state index contributed by atoms with van der Waals surface area (Å²) >= 11 is 0. The van der Waals surface area contributed by atoms with Gasteiger partial charge in [-0.3, -0.25) is 0 Å². The number of benzene rings is 3. The Morgan fingerprint density at radius 3 is 1.78 bits per heavy atom. The lowest BCUT2D eigenvalue weighted by molar-refractivity contribution is 0.627. The second kappa shape index (κ2) is 6.62. The van der Waals surface area contributed by atoms with Gasteiger partial charge in [0.2, 0.25) is 0 Å². The predicted molar refractivity (Wildman–Crippen MR) is 107 cm³/mol. The summed E-state index contributed by atoms with van der Waals surface area (Å²) in [5.74, 6) is -0.546. The van der Waals surface area contributed by atoms with Gasteiger partial charge in [0.05, 0.1) is 0 Å². The highest BCUT2D eigenvalue weighted by Crippen LogP contribution is 2.43. The molecule has 0 heterocycles. The summed E-state index contributed by atoms with van der Waals surface area (Å²) in [6.07, 6.45) is 4.34. The molecule has 0 saturated carbocycles. The van der Waals surface area contributed by atoms with Crippen molar-refractivity contribution < 1.29 is 8.78 Å². The fourth-order valence-electron chi connectivity index (χ4n) is 3.67. The zero-order valence-electron chi connectivity index (χ0n) is 15.3. The molecule has 0 atom stereocenters. The number of fused-ring (bicyclic) bond motifs is 1. The third kappa shape index (κ3) is 3.23. The minimum atomic E-state index is -0.273. The average Bonchev–Trinajstić information content (AvgIpc) is 2.92. The molecule has 4 rings (SSSR count). The first kappa shape index (κ1) is 17.4. The van der Waals surface area contributed by atoms with E-state index < -0.39 is 0 Å². The molecule has 1 aliphatic rings. The van der Waals surface area contributed by atoms with Crippen molar-refractivity contribution >= 4 is 11.6 Å². The first-order valence-electron chi connectivity index (χ1n) is 9.00. The highest BCUT2D eigenvalue weighted by molar-refractivity contribution is 5.85. The Bertz CT molecular complexity index is 989. The number of hydrogen-bond donors (Lipinski definition) is 0. The van der Waals surface area contributed by atoms with Gasteiger partial charge in [-0.15, -0.1) is 0 Å². The standard InChI is InChI=1S/C25H20F2/c1-25(2)20(15-19-5-3-4-6-24(19)25)16-23(17-7-11-21(26)12-8-17)18-9-13-22(27)14-10-18/h3-16H,1-2H3. The van der Waals surface area contributed by atoms with Gasteiger partial charge in [0, 0.05) is 5.41 Å². The maximum absolute atomic E-state index is 13.4. The van der Waals surface area contributed by atoms with E-state index in [1.54, 1.807) is 24.3 Å². The molecular weight excluding hydrogens is 338 g/mol. The first-order chi connectivity index (χ1) is 12.9. The van der Waals surface area contributed by atoms with E-state index in [9.17, 15) is 8.78 Å². The van der Waals surface area contributed by atoms with Crippen LogP contribution in [0.3, 0.4) is 0 Å². The van der Waals surface area contributed by atoms with Crippen LogP contribution < -0.4 is 0 Å². The van der Waals surface area contributed by atoms with Crippen molar-refractivity contribution in [2.75, 3.05) is 0 Å². The van der Waals surface area contributed by atoms with Gasteiger partial charge in [0.25, 0.3) is 0 Å². The van der Waals surface area contributed by atoms with Gasteiger partial charge in [-0.2, -0.15) is 0 Å². The van der Waals surface area contributed by atoms with E-state index in [0.717, 1.165) is 16.7 Å². The molecule has 0 saturated heterocycles. The molecule has 0 aromatic heterocycles. The highest BCUT2D eigenvalue weighted by atomic mass is 19.1. The molecule has 0 radical (unpaired) electrons. The Kier molecular flexibility index (Phi) is 4.27. The summed E-state index contributed by atoms with van der Waals surface area (Å²) in [5.41, 5.74) is 6.28. The van der Waals surface area contributed by atoms with Crippen LogP contribution in [0.5, 0.6) is 0 Å². The predicted octanol–water partition coefficient (Wildman–Crippen LogP) is 6.77. The van der Waals surface area contributed by atoms with Gasteiger partial charge < -0.3 is 0 Å². The van der Waals surface area contributed by atoms with E-state index in [0.29, 0.717) is 0 Å². The van der Waals surface area contributed by atoms with E-state index in [2.05, 4.69) is 44.2 Å². The number of rotatable bonds is 3. The molecule has 0 nitrogen and oxygen atoms in total. The minimum Gasteiger partial charge on any atom is -0.207 e.